The minimum absolute atomic E-state index is 0.105. The van der Waals surface area contributed by atoms with Gasteiger partial charge in [0.05, 0.1) is 0 Å². The average molecular weight is 197 g/mol. The van der Waals surface area contributed by atoms with Crippen molar-refractivity contribution in [3.05, 3.63) is 23.7 Å². The lowest BCUT2D eigenvalue weighted by Crippen LogP contribution is -2.17. The Morgan fingerprint density at radius 3 is 2.57 bits per heavy atom. The molecule has 80 valence electrons. The van der Waals surface area contributed by atoms with Gasteiger partial charge in [0, 0.05) is 13.2 Å². The summed E-state index contributed by atoms with van der Waals surface area (Å²) in [5.74, 6) is 2.23. The van der Waals surface area contributed by atoms with E-state index in [9.17, 15) is 0 Å². The minimum Gasteiger partial charge on any atom is -0.464 e. The Hall–Kier alpha value is -0.800. The molecule has 0 saturated carbocycles. The summed E-state index contributed by atoms with van der Waals surface area (Å²) in [7, 11) is 0. The first-order valence-corrected chi connectivity index (χ1v) is 5.01. The Morgan fingerprint density at radius 1 is 1.43 bits per heavy atom. The maximum Gasteiger partial charge on any atom is 0.134 e. The van der Waals surface area contributed by atoms with Gasteiger partial charge in [-0.25, -0.2) is 0 Å². The van der Waals surface area contributed by atoms with Crippen molar-refractivity contribution in [2.75, 3.05) is 13.2 Å². The number of hydrogen-bond donors (Lipinski definition) is 1. The fourth-order valence-corrected chi connectivity index (χ4v) is 1.20. The van der Waals surface area contributed by atoms with Gasteiger partial charge in [0.15, 0.2) is 0 Å². The predicted octanol–water partition coefficient (Wildman–Crippen LogP) is 2.26. The SMILES string of the molecule is Cc1ccc(C(CN)OCC(C)C)o1. The van der Waals surface area contributed by atoms with Crippen molar-refractivity contribution < 1.29 is 9.15 Å². The quantitative estimate of drug-likeness (QED) is 0.787. The van der Waals surface area contributed by atoms with E-state index in [1.54, 1.807) is 0 Å². The lowest BCUT2D eigenvalue weighted by Gasteiger charge is -2.15. The van der Waals surface area contributed by atoms with E-state index in [-0.39, 0.29) is 6.10 Å². The highest BCUT2D eigenvalue weighted by Gasteiger charge is 2.14. The fraction of sp³-hybridized carbons (Fsp3) is 0.636. The van der Waals surface area contributed by atoms with E-state index in [0.717, 1.165) is 11.5 Å². The molecule has 1 rings (SSSR count). The molecule has 0 amide bonds. The van der Waals surface area contributed by atoms with E-state index in [4.69, 9.17) is 14.9 Å². The molecule has 0 radical (unpaired) electrons. The molecule has 1 aromatic rings. The van der Waals surface area contributed by atoms with Crippen LogP contribution in [0.25, 0.3) is 0 Å². The van der Waals surface area contributed by atoms with Crippen LogP contribution in [0.2, 0.25) is 0 Å². The summed E-state index contributed by atoms with van der Waals surface area (Å²) in [6, 6.07) is 3.85. The van der Waals surface area contributed by atoms with Crippen LogP contribution in [-0.2, 0) is 4.74 Å². The molecule has 0 aliphatic heterocycles. The van der Waals surface area contributed by atoms with Crippen LogP contribution in [-0.4, -0.2) is 13.2 Å². The van der Waals surface area contributed by atoms with Crippen molar-refractivity contribution in [3.63, 3.8) is 0 Å². The predicted molar refractivity (Wildman–Crippen MR) is 56.0 cm³/mol. The van der Waals surface area contributed by atoms with Crippen LogP contribution < -0.4 is 5.73 Å². The van der Waals surface area contributed by atoms with Crippen LogP contribution in [0.15, 0.2) is 16.5 Å². The first-order valence-electron chi connectivity index (χ1n) is 5.01. The highest BCUT2D eigenvalue weighted by molar-refractivity contribution is 5.08. The molecule has 0 spiro atoms. The van der Waals surface area contributed by atoms with Gasteiger partial charge in [-0.05, 0) is 25.0 Å². The highest BCUT2D eigenvalue weighted by atomic mass is 16.5. The van der Waals surface area contributed by atoms with Crippen molar-refractivity contribution in [3.8, 4) is 0 Å². The first kappa shape index (κ1) is 11.3. The Bertz CT molecular complexity index is 268. The van der Waals surface area contributed by atoms with E-state index in [0.29, 0.717) is 19.1 Å². The van der Waals surface area contributed by atoms with E-state index in [2.05, 4.69) is 13.8 Å². The molecule has 2 N–H and O–H groups in total. The van der Waals surface area contributed by atoms with Gasteiger partial charge in [0.2, 0.25) is 0 Å². The Kier molecular flexibility index (Phi) is 4.17. The number of aryl methyl sites for hydroxylation is 1. The number of furan rings is 1. The zero-order valence-electron chi connectivity index (χ0n) is 9.12. The van der Waals surface area contributed by atoms with Crippen molar-refractivity contribution in [2.45, 2.75) is 26.9 Å². The Balaban J connectivity index is 2.54. The summed E-state index contributed by atoms with van der Waals surface area (Å²) < 4.78 is 11.1. The molecule has 0 aromatic carbocycles. The van der Waals surface area contributed by atoms with Gasteiger partial charge in [0.1, 0.15) is 17.6 Å². The van der Waals surface area contributed by atoms with Crippen molar-refractivity contribution in [2.24, 2.45) is 11.7 Å². The first-order chi connectivity index (χ1) is 6.63. The zero-order valence-corrected chi connectivity index (χ0v) is 9.12. The van der Waals surface area contributed by atoms with Crippen LogP contribution in [0.5, 0.6) is 0 Å². The Morgan fingerprint density at radius 2 is 2.14 bits per heavy atom. The lowest BCUT2D eigenvalue weighted by molar-refractivity contribution is 0.0269. The second kappa shape index (κ2) is 5.17. The summed E-state index contributed by atoms with van der Waals surface area (Å²) in [6.45, 7) is 7.31. The van der Waals surface area contributed by atoms with E-state index in [1.165, 1.54) is 0 Å². The number of hydrogen-bond acceptors (Lipinski definition) is 3. The largest absolute Gasteiger partial charge is 0.464 e. The summed E-state index contributed by atoms with van der Waals surface area (Å²) in [6.07, 6.45) is -0.105. The topological polar surface area (TPSA) is 48.4 Å². The third-order valence-electron chi connectivity index (χ3n) is 1.92. The third kappa shape index (κ3) is 3.16. The van der Waals surface area contributed by atoms with Crippen molar-refractivity contribution in [1.82, 2.24) is 0 Å². The average Bonchev–Trinajstić information content (AvgIpc) is 2.53. The second-order valence-electron chi connectivity index (χ2n) is 3.90. The molecule has 1 aromatic heterocycles. The van der Waals surface area contributed by atoms with Gasteiger partial charge >= 0.3 is 0 Å². The molecule has 3 heteroatoms. The number of nitrogens with two attached hydrogens (primary N) is 1. The van der Waals surface area contributed by atoms with Crippen LogP contribution in [0.3, 0.4) is 0 Å². The summed E-state index contributed by atoms with van der Waals surface area (Å²) >= 11 is 0. The van der Waals surface area contributed by atoms with Gasteiger partial charge < -0.3 is 14.9 Å². The molecule has 1 heterocycles. The van der Waals surface area contributed by atoms with Gasteiger partial charge in [-0.1, -0.05) is 13.8 Å². The molecule has 0 aliphatic carbocycles. The molecule has 0 fully saturated rings. The van der Waals surface area contributed by atoms with Crippen molar-refractivity contribution in [1.29, 1.82) is 0 Å². The Labute approximate surface area is 85.2 Å². The maximum absolute atomic E-state index is 5.63. The lowest BCUT2D eigenvalue weighted by atomic mass is 10.2. The molecular weight excluding hydrogens is 178 g/mol. The van der Waals surface area contributed by atoms with Crippen LogP contribution >= 0.6 is 0 Å². The van der Waals surface area contributed by atoms with Crippen molar-refractivity contribution >= 4 is 0 Å². The molecule has 0 bridgehead atoms. The maximum atomic E-state index is 5.63. The van der Waals surface area contributed by atoms with E-state index < -0.39 is 0 Å². The molecular formula is C11H19NO2. The van der Waals surface area contributed by atoms with Crippen LogP contribution in [0, 0.1) is 12.8 Å². The normalized spacial score (nSPS) is 13.5. The van der Waals surface area contributed by atoms with Gasteiger partial charge in [-0.2, -0.15) is 0 Å². The van der Waals surface area contributed by atoms with Crippen LogP contribution in [0.1, 0.15) is 31.5 Å². The molecule has 14 heavy (non-hydrogen) atoms. The smallest absolute Gasteiger partial charge is 0.134 e. The monoisotopic (exact) mass is 197 g/mol. The molecule has 3 nitrogen and oxygen atoms in total. The molecule has 1 atom stereocenters. The minimum atomic E-state index is -0.105. The van der Waals surface area contributed by atoms with Crippen LogP contribution in [0.4, 0.5) is 0 Å². The molecule has 1 unspecified atom stereocenters. The highest BCUT2D eigenvalue weighted by Crippen LogP contribution is 2.19. The number of ether oxygens (including phenoxy) is 1. The van der Waals surface area contributed by atoms with Gasteiger partial charge in [-0.3, -0.25) is 0 Å². The third-order valence-corrected chi connectivity index (χ3v) is 1.92. The van der Waals surface area contributed by atoms with Gasteiger partial charge in [-0.15, -0.1) is 0 Å². The summed E-state index contributed by atoms with van der Waals surface area (Å²) in [5.41, 5.74) is 5.62. The summed E-state index contributed by atoms with van der Waals surface area (Å²) in [4.78, 5) is 0. The summed E-state index contributed by atoms with van der Waals surface area (Å²) in [5, 5.41) is 0. The van der Waals surface area contributed by atoms with Gasteiger partial charge in [0.25, 0.3) is 0 Å². The number of rotatable bonds is 5. The standard InChI is InChI=1S/C11H19NO2/c1-8(2)7-13-11(6-12)10-5-4-9(3)14-10/h4-5,8,11H,6-7,12H2,1-3H3. The van der Waals surface area contributed by atoms with E-state index in [1.807, 2.05) is 19.1 Å². The zero-order chi connectivity index (χ0) is 10.6. The second-order valence-corrected chi connectivity index (χ2v) is 3.90. The molecule has 0 saturated heterocycles. The molecule has 0 aliphatic rings. The van der Waals surface area contributed by atoms with E-state index >= 15 is 0 Å². The fourth-order valence-electron chi connectivity index (χ4n) is 1.20.